The van der Waals surface area contributed by atoms with Gasteiger partial charge in [-0.1, -0.05) is 23.7 Å². The first-order valence-corrected chi connectivity index (χ1v) is 7.25. The Labute approximate surface area is 119 Å². The van der Waals surface area contributed by atoms with Crippen molar-refractivity contribution in [3.63, 3.8) is 0 Å². The molecule has 1 unspecified atom stereocenters. The van der Waals surface area contributed by atoms with Crippen LogP contribution in [0.5, 0.6) is 0 Å². The zero-order valence-electron chi connectivity index (χ0n) is 9.41. The number of hydrogen-bond donors (Lipinski definition) is 1. The van der Waals surface area contributed by atoms with Crippen LogP contribution in [0.1, 0.15) is 17.4 Å². The second kappa shape index (κ2) is 5.11. The van der Waals surface area contributed by atoms with Crippen molar-refractivity contribution in [2.75, 3.05) is 0 Å². The molecule has 17 heavy (non-hydrogen) atoms. The summed E-state index contributed by atoms with van der Waals surface area (Å²) in [7, 11) is 0. The molecule has 0 amide bonds. The van der Waals surface area contributed by atoms with E-state index in [0.717, 1.165) is 20.8 Å². The Hall–Kier alpha value is -0.350. The molecular weight excluding hydrogens is 318 g/mol. The van der Waals surface area contributed by atoms with Crippen LogP contribution < -0.4 is 5.73 Å². The van der Waals surface area contributed by atoms with Crippen molar-refractivity contribution in [3.8, 4) is 0 Å². The third kappa shape index (κ3) is 3.32. The van der Waals surface area contributed by atoms with Gasteiger partial charge in [-0.3, -0.25) is 0 Å². The highest BCUT2D eigenvalue weighted by atomic mass is 79.9. The lowest BCUT2D eigenvalue weighted by Gasteiger charge is -2.24. The van der Waals surface area contributed by atoms with Crippen molar-refractivity contribution in [1.29, 1.82) is 0 Å². The topological polar surface area (TPSA) is 26.0 Å². The molecule has 0 radical (unpaired) electrons. The lowest BCUT2D eigenvalue weighted by atomic mass is 9.89. The largest absolute Gasteiger partial charge is 0.321 e. The Morgan fingerprint density at radius 1 is 1.24 bits per heavy atom. The standard InChI is InChI=1S/C13H13BrClNS/c1-13(16,8-11-6-7-12(14)17-11)9-2-4-10(15)5-3-9/h2-7H,8,16H2,1H3. The van der Waals surface area contributed by atoms with E-state index in [2.05, 4.69) is 28.1 Å². The van der Waals surface area contributed by atoms with Crippen molar-refractivity contribution in [2.45, 2.75) is 18.9 Å². The van der Waals surface area contributed by atoms with Gasteiger partial charge in [0, 0.05) is 21.9 Å². The van der Waals surface area contributed by atoms with Crippen LogP contribution in [-0.4, -0.2) is 0 Å². The van der Waals surface area contributed by atoms with Gasteiger partial charge < -0.3 is 5.73 Å². The first kappa shape index (κ1) is 13.1. The van der Waals surface area contributed by atoms with Gasteiger partial charge in [0.15, 0.2) is 0 Å². The summed E-state index contributed by atoms with van der Waals surface area (Å²) in [6, 6.07) is 11.9. The molecule has 1 atom stereocenters. The summed E-state index contributed by atoms with van der Waals surface area (Å²) in [5.74, 6) is 0. The van der Waals surface area contributed by atoms with E-state index in [0.29, 0.717) is 0 Å². The van der Waals surface area contributed by atoms with Crippen molar-refractivity contribution in [2.24, 2.45) is 5.73 Å². The molecule has 2 N–H and O–H groups in total. The molecule has 1 heterocycles. The molecule has 1 nitrogen and oxygen atoms in total. The highest BCUT2D eigenvalue weighted by Crippen LogP contribution is 2.29. The molecule has 1 aromatic heterocycles. The Kier molecular flexibility index (Phi) is 3.93. The number of nitrogens with two attached hydrogens (primary N) is 1. The average Bonchev–Trinajstić information content (AvgIpc) is 2.63. The first-order chi connectivity index (χ1) is 7.97. The van der Waals surface area contributed by atoms with E-state index >= 15 is 0 Å². The lowest BCUT2D eigenvalue weighted by molar-refractivity contribution is 0.495. The Bertz CT molecular complexity index is 504. The Morgan fingerprint density at radius 2 is 1.88 bits per heavy atom. The molecule has 0 saturated heterocycles. The molecule has 0 aliphatic carbocycles. The van der Waals surface area contributed by atoms with Crippen LogP contribution in [0, 0.1) is 0 Å². The summed E-state index contributed by atoms with van der Waals surface area (Å²) in [5.41, 5.74) is 7.11. The number of hydrogen-bond acceptors (Lipinski definition) is 2. The SMILES string of the molecule is CC(N)(Cc1ccc(Br)s1)c1ccc(Cl)cc1. The summed E-state index contributed by atoms with van der Waals surface area (Å²) in [6.07, 6.45) is 0.824. The summed E-state index contributed by atoms with van der Waals surface area (Å²) in [5, 5.41) is 0.739. The van der Waals surface area contributed by atoms with Crippen LogP contribution in [-0.2, 0) is 12.0 Å². The third-order valence-corrected chi connectivity index (χ3v) is 4.55. The molecule has 4 heteroatoms. The molecule has 0 saturated carbocycles. The minimum atomic E-state index is -0.366. The van der Waals surface area contributed by atoms with Crippen molar-refractivity contribution < 1.29 is 0 Å². The quantitative estimate of drug-likeness (QED) is 0.876. The van der Waals surface area contributed by atoms with Crippen LogP contribution in [0.4, 0.5) is 0 Å². The van der Waals surface area contributed by atoms with Crippen LogP contribution in [0.15, 0.2) is 40.2 Å². The second-order valence-corrected chi connectivity index (χ2v) is 7.29. The van der Waals surface area contributed by atoms with Gasteiger partial charge in [0.05, 0.1) is 3.79 Å². The molecule has 0 aliphatic rings. The fourth-order valence-corrected chi connectivity index (χ4v) is 3.52. The van der Waals surface area contributed by atoms with Crippen molar-refractivity contribution in [1.82, 2.24) is 0 Å². The molecule has 0 fully saturated rings. The summed E-state index contributed by atoms with van der Waals surface area (Å²) < 4.78 is 1.14. The molecule has 0 aliphatic heterocycles. The maximum Gasteiger partial charge on any atom is 0.0701 e. The second-order valence-electron chi connectivity index (χ2n) is 4.31. The monoisotopic (exact) mass is 329 g/mol. The molecule has 2 rings (SSSR count). The Balaban J connectivity index is 2.21. The highest BCUT2D eigenvalue weighted by Gasteiger charge is 2.22. The van der Waals surface area contributed by atoms with Gasteiger partial charge >= 0.3 is 0 Å². The van der Waals surface area contributed by atoms with Gasteiger partial charge in [-0.05, 0) is 52.7 Å². The normalized spacial score (nSPS) is 14.6. The molecule has 0 spiro atoms. The fraction of sp³-hybridized carbons (Fsp3) is 0.231. The van der Waals surface area contributed by atoms with E-state index in [1.165, 1.54) is 4.88 Å². The lowest BCUT2D eigenvalue weighted by Crippen LogP contribution is -2.35. The molecular formula is C13H13BrClNS. The van der Waals surface area contributed by atoms with Crippen LogP contribution >= 0.6 is 38.9 Å². The maximum absolute atomic E-state index is 6.38. The van der Waals surface area contributed by atoms with Crippen molar-refractivity contribution >= 4 is 38.9 Å². The van der Waals surface area contributed by atoms with Gasteiger partial charge in [-0.15, -0.1) is 11.3 Å². The first-order valence-electron chi connectivity index (χ1n) is 5.26. The van der Waals surface area contributed by atoms with Crippen LogP contribution in [0.25, 0.3) is 0 Å². The highest BCUT2D eigenvalue weighted by molar-refractivity contribution is 9.11. The minimum absolute atomic E-state index is 0.366. The summed E-state index contributed by atoms with van der Waals surface area (Å²) in [4.78, 5) is 1.27. The number of benzene rings is 1. The van der Waals surface area contributed by atoms with Gasteiger partial charge in [0.1, 0.15) is 0 Å². The van der Waals surface area contributed by atoms with E-state index < -0.39 is 0 Å². The van der Waals surface area contributed by atoms with Crippen molar-refractivity contribution in [3.05, 3.63) is 55.6 Å². The van der Waals surface area contributed by atoms with E-state index in [-0.39, 0.29) is 5.54 Å². The summed E-state index contributed by atoms with van der Waals surface area (Å²) in [6.45, 7) is 2.05. The number of thiophene rings is 1. The molecule has 2 aromatic rings. The average molecular weight is 331 g/mol. The zero-order chi connectivity index (χ0) is 12.5. The fourth-order valence-electron chi connectivity index (χ4n) is 1.74. The van der Waals surface area contributed by atoms with E-state index in [1.807, 2.05) is 31.2 Å². The van der Waals surface area contributed by atoms with E-state index in [4.69, 9.17) is 17.3 Å². The van der Waals surface area contributed by atoms with Crippen LogP contribution in [0.3, 0.4) is 0 Å². The van der Waals surface area contributed by atoms with E-state index in [1.54, 1.807) is 11.3 Å². The Morgan fingerprint density at radius 3 is 2.41 bits per heavy atom. The third-order valence-electron chi connectivity index (χ3n) is 2.67. The smallest absolute Gasteiger partial charge is 0.0701 e. The van der Waals surface area contributed by atoms with E-state index in [9.17, 15) is 0 Å². The molecule has 1 aromatic carbocycles. The van der Waals surface area contributed by atoms with Gasteiger partial charge in [0.25, 0.3) is 0 Å². The van der Waals surface area contributed by atoms with Crippen LogP contribution in [0.2, 0.25) is 5.02 Å². The molecule has 0 bridgehead atoms. The summed E-state index contributed by atoms with van der Waals surface area (Å²) >= 11 is 11.1. The predicted molar refractivity (Wildman–Crippen MR) is 78.7 cm³/mol. The zero-order valence-corrected chi connectivity index (χ0v) is 12.6. The maximum atomic E-state index is 6.38. The predicted octanol–water partition coefficient (Wildman–Crippen LogP) is 4.58. The van der Waals surface area contributed by atoms with Gasteiger partial charge in [-0.25, -0.2) is 0 Å². The van der Waals surface area contributed by atoms with Gasteiger partial charge in [-0.2, -0.15) is 0 Å². The molecule has 90 valence electrons. The number of halogens is 2. The minimum Gasteiger partial charge on any atom is -0.321 e. The van der Waals surface area contributed by atoms with Gasteiger partial charge in [0.2, 0.25) is 0 Å². The number of rotatable bonds is 3.